The molecule has 1 aliphatic carbocycles. The summed E-state index contributed by atoms with van der Waals surface area (Å²) in [5.41, 5.74) is 1.39. The molecule has 0 bridgehead atoms. The first-order valence-electron chi connectivity index (χ1n) is 7.84. The molecule has 1 heterocycles. The van der Waals surface area contributed by atoms with Crippen molar-refractivity contribution < 1.29 is 0 Å². The van der Waals surface area contributed by atoms with E-state index in [1.807, 2.05) is 11.3 Å². The number of aromatic nitrogens is 1. The van der Waals surface area contributed by atoms with Gasteiger partial charge in [0, 0.05) is 30.4 Å². The van der Waals surface area contributed by atoms with Gasteiger partial charge in [0.05, 0.1) is 5.69 Å². The van der Waals surface area contributed by atoms with Crippen molar-refractivity contribution in [3.05, 3.63) is 10.6 Å². The molecule has 1 aromatic heterocycles. The molecule has 0 atom stereocenters. The lowest BCUT2D eigenvalue weighted by atomic mass is 9.91. The van der Waals surface area contributed by atoms with Gasteiger partial charge in [0.25, 0.3) is 0 Å². The number of thiazole rings is 1. The fourth-order valence-corrected chi connectivity index (χ4v) is 3.56. The van der Waals surface area contributed by atoms with E-state index in [-0.39, 0.29) is 5.41 Å². The minimum Gasteiger partial charge on any atom is -0.351 e. The van der Waals surface area contributed by atoms with Crippen molar-refractivity contribution in [2.45, 2.75) is 58.9 Å². The number of rotatable bonds is 7. The summed E-state index contributed by atoms with van der Waals surface area (Å²) in [5.74, 6) is 0.906. The molecule has 1 N–H and O–H groups in total. The maximum Gasteiger partial charge on any atom is 0.185 e. The third-order valence-electron chi connectivity index (χ3n) is 3.66. The molecule has 114 valence electrons. The lowest BCUT2D eigenvalue weighted by molar-refractivity contribution is 0.558. The number of hydrogen-bond donors (Lipinski definition) is 1. The van der Waals surface area contributed by atoms with Crippen molar-refractivity contribution in [2.75, 3.05) is 25.0 Å². The van der Waals surface area contributed by atoms with Crippen molar-refractivity contribution in [1.29, 1.82) is 0 Å². The van der Waals surface area contributed by atoms with E-state index in [1.165, 1.54) is 41.5 Å². The Morgan fingerprint density at radius 1 is 1.35 bits per heavy atom. The molecular weight excluding hydrogens is 266 g/mol. The summed E-state index contributed by atoms with van der Waals surface area (Å²) < 4.78 is 0. The van der Waals surface area contributed by atoms with Crippen molar-refractivity contribution in [3.8, 4) is 0 Å². The van der Waals surface area contributed by atoms with Crippen LogP contribution in [0.2, 0.25) is 0 Å². The Kier molecular flexibility index (Phi) is 5.08. The van der Waals surface area contributed by atoms with Crippen molar-refractivity contribution in [2.24, 2.45) is 5.92 Å². The zero-order valence-corrected chi connectivity index (χ0v) is 14.4. The zero-order valence-electron chi connectivity index (χ0n) is 13.6. The molecule has 0 aromatic carbocycles. The van der Waals surface area contributed by atoms with Gasteiger partial charge in [-0.15, -0.1) is 11.3 Å². The van der Waals surface area contributed by atoms with Gasteiger partial charge in [-0.2, -0.15) is 0 Å². The van der Waals surface area contributed by atoms with E-state index in [0.717, 1.165) is 19.0 Å². The topological polar surface area (TPSA) is 28.2 Å². The van der Waals surface area contributed by atoms with Crippen LogP contribution in [0.15, 0.2) is 0 Å². The molecule has 2 rings (SSSR count). The Hall–Kier alpha value is -0.610. The first-order chi connectivity index (χ1) is 9.41. The van der Waals surface area contributed by atoms with Gasteiger partial charge >= 0.3 is 0 Å². The second kappa shape index (κ2) is 6.44. The van der Waals surface area contributed by atoms with E-state index in [2.05, 4.69) is 45.0 Å². The third-order valence-corrected chi connectivity index (χ3v) is 4.83. The summed E-state index contributed by atoms with van der Waals surface area (Å²) in [4.78, 5) is 8.70. The molecule has 0 aliphatic heterocycles. The quantitative estimate of drug-likeness (QED) is 0.776. The van der Waals surface area contributed by atoms with Crippen LogP contribution in [0.25, 0.3) is 0 Å². The van der Waals surface area contributed by atoms with E-state index in [9.17, 15) is 0 Å². The highest BCUT2D eigenvalue weighted by molar-refractivity contribution is 7.15. The highest BCUT2D eigenvalue weighted by Gasteiger charge is 2.27. The maximum atomic E-state index is 4.95. The van der Waals surface area contributed by atoms with Gasteiger partial charge in [0.2, 0.25) is 0 Å². The highest BCUT2D eigenvalue weighted by Crippen LogP contribution is 2.36. The van der Waals surface area contributed by atoms with Gasteiger partial charge < -0.3 is 10.2 Å². The second-order valence-corrected chi connectivity index (χ2v) is 8.08. The molecule has 0 radical (unpaired) electrons. The molecule has 1 saturated carbocycles. The summed E-state index contributed by atoms with van der Waals surface area (Å²) in [6.45, 7) is 12.2. The Morgan fingerprint density at radius 3 is 2.60 bits per heavy atom. The predicted molar refractivity (Wildman–Crippen MR) is 88.8 cm³/mol. The molecule has 20 heavy (non-hydrogen) atoms. The minimum atomic E-state index is 0.123. The van der Waals surface area contributed by atoms with Crippen LogP contribution < -0.4 is 10.2 Å². The molecule has 0 spiro atoms. The SMILES string of the molecule is CCCNCc1sc(N(C)CC2CC2)nc1C(C)(C)C. The fraction of sp³-hybridized carbons (Fsp3) is 0.812. The highest BCUT2D eigenvalue weighted by atomic mass is 32.1. The molecule has 0 saturated heterocycles. The summed E-state index contributed by atoms with van der Waals surface area (Å²) in [6.07, 6.45) is 3.97. The van der Waals surface area contributed by atoms with Crippen LogP contribution in [-0.4, -0.2) is 25.1 Å². The van der Waals surface area contributed by atoms with Crippen LogP contribution in [0, 0.1) is 5.92 Å². The number of hydrogen-bond acceptors (Lipinski definition) is 4. The van der Waals surface area contributed by atoms with Crippen molar-refractivity contribution in [3.63, 3.8) is 0 Å². The van der Waals surface area contributed by atoms with E-state index in [1.54, 1.807) is 0 Å². The van der Waals surface area contributed by atoms with Crippen LogP contribution in [-0.2, 0) is 12.0 Å². The molecule has 1 aliphatic rings. The predicted octanol–water partition coefficient (Wildman–Crippen LogP) is 3.79. The molecular formula is C16H29N3S. The summed E-state index contributed by atoms with van der Waals surface area (Å²) in [6, 6.07) is 0. The Bertz CT molecular complexity index is 429. The van der Waals surface area contributed by atoms with Gasteiger partial charge in [-0.3, -0.25) is 0 Å². The van der Waals surface area contributed by atoms with Crippen LogP contribution in [0.5, 0.6) is 0 Å². The Morgan fingerprint density at radius 2 is 2.05 bits per heavy atom. The maximum absolute atomic E-state index is 4.95. The normalized spacial score (nSPS) is 15.7. The van der Waals surface area contributed by atoms with Crippen molar-refractivity contribution in [1.82, 2.24) is 10.3 Å². The van der Waals surface area contributed by atoms with Crippen LogP contribution >= 0.6 is 11.3 Å². The summed E-state index contributed by atoms with van der Waals surface area (Å²) in [7, 11) is 2.19. The third kappa shape index (κ3) is 4.19. The monoisotopic (exact) mass is 295 g/mol. The number of nitrogens with zero attached hydrogens (tertiary/aromatic N) is 2. The van der Waals surface area contributed by atoms with E-state index < -0.39 is 0 Å². The number of anilines is 1. The lowest BCUT2D eigenvalue weighted by Crippen LogP contribution is -2.21. The van der Waals surface area contributed by atoms with E-state index in [4.69, 9.17) is 4.98 Å². The molecule has 1 fully saturated rings. The van der Waals surface area contributed by atoms with Gasteiger partial charge in [0.15, 0.2) is 5.13 Å². The van der Waals surface area contributed by atoms with Crippen molar-refractivity contribution >= 4 is 16.5 Å². The Labute approximate surface area is 127 Å². The standard InChI is InChI=1S/C16H29N3S/c1-6-9-17-10-13-14(16(2,3)4)18-15(20-13)19(5)11-12-7-8-12/h12,17H,6-11H2,1-5H3. The second-order valence-electron chi connectivity index (χ2n) is 7.02. The fourth-order valence-electron chi connectivity index (χ4n) is 2.35. The Balaban J connectivity index is 2.12. The largest absolute Gasteiger partial charge is 0.351 e. The summed E-state index contributed by atoms with van der Waals surface area (Å²) in [5, 5.41) is 4.71. The first-order valence-corrected chi connectivity index (χ1v) is 8.65. The van der Waals surface area contributed by atoms with Gasteiger partial charge in [0.1, 0.15) is 0 Å². The average Bonchev–Trinajstić information content (AvgIpc) is 3.05. The number of nitrogens with one attached hydrogen (secondary N) is 1. The lowest BCUT2D eigenvalue weighted by Gasteiger charge is -2.18. The minimum absolute atomic E-state index is 0.123. The smallest absolute Gasteiger partial charge is 0.185 e. The van der Waals surface area contributed by atoms with Crippen LogP contribution in [0.4, 0.5) is 5.13 Å². The molecule has 0 amide bonds. The molecule has 3 nitrogen and oxygen atoms in total. The van der Waals surface area contributed by atoms with Gasteiger partial charge in [-0.05, 0) is 31.7 Å². The van der Waals surface area contributed by atoms with Gasteiger partial charge in [-0.1, -0.05) is 27.7 Å². The molecule has 1 aromatic rings. The van der Waals surface area contributed by atoms with E-state index >= 15 is 0 Å². The first kappa shape index (κ1) is 15.8. The molecule has 0 unspecified atom stereocenters. The van der Waals surface area contributed by atoms with Gasteiger partial charge in [-0.25, -0.2) is 4.98 Å². The van der Waals surface area contributed by atoms with Crippen LogP contribution in [0.1, 0.15) is 57.5 Å². The van der Waals surface area contributed by atoms with Crippen LogP contribution in [0.3, 0.4) is 0 Å². The zero-order chi connectivity index (χ0) is 14.8. The average molecular weight is 295 g/mol. The van der Waals surface area contributed by atoms with E-state index in [0.29, 0.717) is 0 Å². The molecule has 4 heteroatoms. The summed E-state index contributed by atoms with van der Waals surface area (Å²) >= 11 is 1.87.